The molecule has 1 amide bonds. The van der Waals surface area contributed by atoms with Crippen molar-refractivity contribution in [3.8, 4) is 0 Å². The molecule has 0 radical (unpaired) electrons. The number of amides is 1. The van der Waals surface area contributed by atoms with Crippen molar-refractivity contribution in [1.29, 1.82) is 0 Å². The molecule has 5 nitrogen and oxygen atoms in total. The number of ether oxygens (including phenoxy) is 1. The summed E-state index contributed by atoms with van der Waals surface area (Å²) in [5.41, 5.74) is 5.64. The molecule has 0 aliphatic heterocycles. The highest BCUT2D eigenvalue weighted by Crippen LogP contribution is 2.16. The highest BCUT2D eigenvalue weighted by molar-refractivity contribution is 6.32. The van der Waals surface area contributed by atoms with Crippen LogP contribution in [0.25, 0.3) is 0 Å². The molecule has 5 heteroatoms. The first kappa shape index (κ1) is 9.98. The third-order valence-electron chi connectivity index (χ3n) is 2.18. The molecule has 0 heterocycles. The van der Waals surface area contributed by atoms with Crippen molar-refractivity contribution < 1.29 is 14.3 Å². The Bertz CT molecular complexity index is 217. The van der Waals surface area contributed by atoms with E-state index in [2.05, 4.69) is 10.1 Å². The zero-order valence-electron chi connectivity index (χ0n) is 7.58. The van der Waals surface area contributed by atoms with Gasteiger partial charge in [-0.2, -0.15) is 0 Å². The lowest BCUT2D eigenvalue weighted by Gasteiger charge is -2.10. The molecule has 0 aromatic heterocycles. The van der Waals surface area contributed by atoms with Crippen molar-refractivity contribution in [1.82, 2.24) is 5.32 Å². The number of esters is 1. The van der Waals surface area contributed by atoms with Gasteiger partial charge in [-0.15, -0.1) is 0 Å². The Hall–Kier alpha value is -1.10. The fourth-order valence-electron chi connectivity index (χ4n) is 1.48. The first-order chi connectivity index (χ1) is 6.13. The minimum Gasteiger partial charge on any atom is -0.462 e. The fourth-order valence-corrected chi connectivity index (χ4v) is 1.48. The number of carbonyl (C=O) groups is 2. The summed E-state index contributed by atoms with van der Waals surface area (Å²) in [5.74, 6) is -1.53. The first-order valence-corrected chi connectivity index (χ1v) is 4.28. The van der Waals surface area contributed by atoms with Crippen molar-refractivity contribution in [2.24, 2.45) is 5.73 Å². The number of carbonyl (C=O) groups excluding carboxylic acids is 2. The number of hydrogen-bond donors (Lipinski definition) is 2. The summed E-state index contributed by atoms with van der Waals surface area (Å²) in [4.78, 5) is 21.7. The standard InChI is InChI=1S/C8H14N2O3/c1-13-8(12)7(11)10-6-3-2-5(9)4-6/h5-6H,2-4,9H2,1H3,(H,10,11). The molecule has 13 heavy (non-hydrogen) atoms. The summed E-state index contributed by atoms with van der Waals surface area (Å²) < 4.78 is 4.27. The van der Waals surface area contributed by atoms with Crippen LogP contribution in [-0.2, 0) is 14.3 Å². The van der Waals surface area contributed by atoms with Crippen LogP contribution in [0.2, 0.25) is 0 Å². The van der Waals surface area contributed by atoms with E-state index in [1.807, 2.05) is 0 Å². The van der Waals surface area contributed by atoms with Gasteiger partial charge in [0.2, 0.25) is 0 Å². The molecule has 0 saturated heterocycles. The molecule has 0 spiro atoms. The van der Waals surface area contributed by atoms with E-state index in [-0.39, 0.29) is 12.1 Å². The normalized spacial score (nSPS) is 26.9. The number of methoxy groups -OCH3 is 1. The van der Waals surface area contributed by atoms with E-state index in [4.69, 9.17) is 5.73 Å². The van der Waals surface area contributed by atoms with Crippen molar-refractivity contribution in [2.75, 3.05) is 7.11 Å². The van der Waals surface area contributed by atoms with Crippen LogP contribution in [0.15, 0.2) is 0 Å². The molecule has 1 rings (SSSR count). The van der Waals surface area contributed by atoms with Crippen LogP contribution < -0.4 is 11.1 Å². The molecule has 1 aliphatic rings. The predicted molar refractivity (Wildman–Crippen MR) is 45.8 cm³/mol. The molecule has 1 aliphatic carbocycles. The van der Waals surface area contributed by atoms with E-state index in [0.717, 1.165) is 19.3 Å². The van der Waals surface area contributed by atoms with Crippen LogP contribution in [0.5, 0.6) is 0 Å². The number of rotatable bonds is 1. The Kier molecular flexibility index (Phi) is 3.25. The van der Waals surface area contributed by atoms with Crippen LogP contribution in [0.3, 0.4) is 0 Å². The average molecular weight is 186 g/mol. The molecule has 0 aromatic rings. The largest absolute Gasteiger partial charge is 0.462 e. The topological polar surface area (TPSA) is 81.4 Å². The second-order valence-electron chi connectivity index (χ2n) is 3.24. The molecule has 1 saturated carbocycles. The minimum absolute atomic E-state index is 0.0293. The van der Waals surface area contributed by atoms with Gasteiger partial charge in [0.15, 0.2) is 0 Å². The van der Waals surface area contributed by atoms with E-state index < -0.39 is 11.9 Å². The van der Waals surface area contributed by atoms with E-state index in [1.165, 1.54) is 7.11 Å². The van der Waals surface area contributed by atoms with E-state index in [1.54, 1.807) is 0 Å². The summed E-state index contributed by atoms with van der Waals surface area (Å²) in [7, 11) is 1.18. The van der Waals surface area contributed by atoms with Gasteiger partial charge < -0.3 is 15.8 Å². The predicted octanol–water partition coefficient (Wildman–Crippen LogP) is -0.845. The molecule has 3 N–H and O–H groups in total. The van der Waals surface area contributed by atoms with Gasteiger partial charge in [0.1, 0.15) is 0 Å². The van der Waals surface area contributed by atoms with Crippen LogP contribution in [0.1, 0.15) is 19.3 Å². The summed E-state index contributed by atoms with van der Waals surface area (Å²) in [6.07, 6.45) is 2.47. The zero-order chi connectivity index (χ0) is 9.84. The van der Waals surface area contributed by atoms with Gasteiger partial charge in [0.05, 0.1) is 7.11 Å². The minimum atomic E-state index is -0.847. The van der Waals surface area contributed by atoms with E-state index >= 15 is 0 Å². The van der Waals surface area contributed by atoms with Gasteiger partial charge >= 0.3 is 11.9 Å². The Morgan fingerprint density at radius 1 is 1.46 bits per heavy atom. The third-order valence-corrected chi connectivity index (χ3v) is 2.18. The second kappa shape index (κ2) is 4.23. The Morgan fingerprint density at radius 2 is 2.15 bits per heavy atom. The van der Waals surface area contributed by atoms with Gasteiger partial charge in [-0.3, -0.25) is 4.79 Å². The quantitative estimate of drug-likeness (QED) is 0.413. The molecule has 2 unspecified atom stereocenters. The van der Waals surface area contributed by atoms with Crippen LogP contribution in [0.4, 0.5) is 0 Å². The van der Waals surface area contributed by atoms with Crippen molar-refractivity contribution >= 4 is 11.9 Å². The Labute approximate surface area is 76.6 Å². The lowest BCUT2D eigenvalue weighted by atomic mass is 10.2. The number of hydrogen-bond acceptors (Lipinski definition) is 4. The summed E-state index contributed by atoms with van der Waals surface area (Å²) in [5, 5.41) is 2.57. The summed E-state index contributed by atoms with van der Waals surface area (Å²) in [6.45, 7) is 0. The maximum atomic E-state index is 11.0. The second-order valence-corrected chi connectivity index (χ2v) is 3.24. The van der Waals surface area contributed by atoms with Gasteiger partial charge in [0.25, 0.3) is 0 Å². The Balaban J connectivity index is 2.32. The van der Waals surface area contributed by atoms with Gasteiger partial charge in [0, 0.05) is 12.1 Å². The van der Waals surface area contributed by atoms with Gasteiger partial charge in [-0.05, 0) is 19.3 Å². The molecular formula is C8H14N2O3. The number of nitrogens with one attached hydrogen (secondary N) is 1. The highest BCUT2D eigenvalue weighted by atomic mass is 16.5. The lowest BCUT2D eigenvalue weighted by Crippen LogP contribution is -2.39. The zero-order valence-corrected chi connectivity index (χ0v) is 7.58. The van der Waals surface area contributed by atoms with Crippen LogP contribution in [-0.4, -0.2) is 31.1 Å². The maximum Gasteiger partial charge on any atom is 0.396 e. The van der Waals surface area contributed by atoms with Gasteiger partial charge in [-0.1, -0.05) is 0 Å². The third kappa shape index (κ3) is 2.69. The van der Waals surface area contributed by atoms with Gasteiger partial charge in [-0.25, -0.2) is 4.79 Å². The molecule has 2 atom stereocenters. The Morgan fingerprint density at radius 3 is 2.62 bits per heavy atom. The monoisotopic (exact) mass is 186 g/mol. The van der Waals surface area contributed by atoms with Crippen LogP contribution in [0, 0.1) is 0 Å². The van der Waals surface area contributed by atoms with Crippen LogP contribution >= 0.6 is 0 Å². The first-order valence-electron chi connectivity index (χ1n) is 4.28. The van der Waals surface area contributed by atoms with Crippen molar-refractivity contribution in [3.63, 3.8) is 0 Å². The number of nitrogens with two attached hydrogens (primary N) is 1. The molecule has 0 aromatic carbocycles. The molecule has 0 bridgehead atoms. The summed E-state index contributed by atoms with van der Waals surface area (Å²) in [6, 6.07) is 0.171. The highest BCUT2D eigenvalue weighted by Gasteiger charge is 2.25. The maximum absolute atomic E-state index is 11.0. The fraction of sp³-hybridized carbons (Fsp3) is 0.750. The van der Waals surface area contributed by atoms with Crippen molar-refractivity contribution in [3.05, 3.63) is 0 Å². The summed E-state index contributed by atoms with van der Waals surface area (Å²) >= 11 is 0. The van der Waals surface area contributed by atoms with Crippen molar-refractivity contribution in [2.45, 2.75) is 31.3 Å². The smallest absolute Gasteiger partial charge is 0.396 e. The van der Waals surface area contributed by atoms with E-state index in [0.29, 0.717) is 0 Å². The molecule has 74 valence electrons. The average Bonchev–Trinajstić information content (AvgIpc) is 2.49. The lowest BCUT2D eigenvalue weighted by molar-refractivity contribution is -0.153. The SMILES string of the molecule is COC(=O)C(=O)NC1CCC(N)C1. The molecule has 1 fully saturated rings. The molecular weight excluding hydrogens is 172 g/mol. The van der Waals surface area contributed by atoms with E-state index in [9.17, 15) is 9.59 Å².